The van der Waals surface area contributed by atoms with Crippen molar-refractivity contribution in [1.29, 1.82) is 0 Å². The van der Waals surface area contributed by atoms with Crippen molar-refractivity contribution in [3.63, 3.8) is 0 Å². The molecule has 0 N–H and O–H groups in total. The first-order valence-corrected chi connectivity index (χ1v) is 6.11. The molecule has 0 heterocycles. The number of benzene rings is 1. The van der Waals surface area contributed by atoms with E-state index in [1.54, 1.807) is 12.1 Å². The molecule has 17 heavy (non-hydrogen) atoms. The molecular formula is C14H20O3. The fraction of sp³-hybridized carbons (Fsp3) is 0.500. The van der Waals surface area contributed by atoms with Gasteiger partial charge in [-0.15, -0.1) is 0 Å². The van der Waals surface area contributed by atoms with Crippen LogP contribution in [0.4, 0.5) is 0 Å². The van der Waals surface area contributed by atoms with E-state index in [1.165, 1.54) is 0 Å². The van der Waals surface area contributed by atoms with Crippen molar-refractivity contribution >= 4 is 5.97 Å². The highest BCUT2D eigenvalue weighted by Gasteiger charge is 2.08. The Hall–Kier alpha value is -1.35. The van der Waals surface area contributed by atoms with Crippen molar-refractivity contribution in [1.82, 2.24) is 0 Å². The largest absolute Gasteiger partial charge is 0.435 e. The summed E-state index contributed by atoms with van der Waals surface area (Å²) >= 11 is 0. The van der Waals surface area contributed by atoms with E-state index in [1.807, 2.05) is 18.2 Å². The lowest BCUT2D eigenvalue weighted by molar-refractivity contribution is -0.0686. The second-order valence-electron chi connectivity index (χ2n) is 3.90. The number of carbonyl (C=O) groups is 1. The summed E-state index contributed by atoms with van der Waals surface area (Å²) in [6, 6.07) is 8.94. The van der Waals surface area contributed by atoms with Crippen LogP contribution in [-0.4, -0.2) is 18.9 Å². The molecule has 1 aromatic rings. The van der Waals surface area contributed by atoms with Crippen LogP contribution >= 0.6 is 0 Å². The third-order valence-corrected chi connectivity index (χ3v) is 2.57. The second kappa shape index (κ2) is 7.85. The van der Waals surface area contributed by atoms with Gasteiger partial charge in [0.05, 0.1) is 11.7 Å². The third kappa shape index (κ3) is 5.00. The fourth-order valence-electron chi connectivity index (χ4n) is 1.57. The van der Waals surface area contributed by atoms with E-state index in [-0.39, 0.29) is 18.9 Å². The molecule has 0 aliphatic rings. The number of hydrogen-bond donors (Lipinski definition) is 0. The van der Waals surface area contributed by atoms with Crippen LogP contribution in [0.15, 0.2) is 30.3 Å². The SMILES string of the molecule is CCCC(CC)OCOC(=O)c1ccccc1. The average molecular weight is 236 g/mol. The number of ether oxygens (including phenoxy) is 2. The lowest BCUT2D eigenvalue weighted by Crippen LogP contribution is -2.16. The minimum atomic E-state index is -0.336. The van der Waals surface area contributed by atoms with Gasteiger partial charge in [0.1, 0.15) is 0 Å². The first-order chi connectivity index (χ1) is 8.27. The van der Waals surface area contributed by atoms with E-state index in [0.29, 0.717) is 5.56 Å². The number of rotatable bonds is 7. The van der Waals surface area contributed by atoms with Gasteiger partial charge in [0.25, 0.3) is 0 Å². The third-order valence-electron chi connectivity index (χ3n) is 2.57. The summed E-state index contributed by atoms with van der Waals surface area (Å²) in [5.41, 5.74) is 0.555. The molecule has 94 valence electrons. The smallest absolute Gasteiger partial charge is 0.340 e. The van der Waals surface area contributed by atoms with Crippen LogP contribution in [0.5, 0.6) is 0 Å². The van der Waals surface area contributed by atoms with Gasteiger partial charge in [0, 0.05) is 0 Å². The number of carbonyl (C=O) groups excluding carboxylic acids is 1. The minimum absolute atomic E-state index is 0.0340. The Labute approximate surface area is 103 Å². The van der Waals surface area contributed by atoms with Crippen LogP contribution in [0.3, 0.4) is 0 Å². The van der Waals surface area contributed by atoms with E-state index < -0.39 is 0 Å². The number of esters is 1. The summed E-state index contributed by atoms with van der Waals surface area (Å²) in [6.45, 7) is 4.22. The summed E-state index contributed by atoms with van der Waals surface area (Å²) in [4.78, 5) is 11.6. The zero-order chi connectivity index (χ0) is 12.5. The highest BCUT2D eigenvalue weighted by Crippen LogP contribution is 2.07. The van der Waals surface area contributed by atoms with Crippen molar-refractivity contribution in [2.45, 2.75) is 39.2 Å². The lowest BCUT2D eigenvalue weighted by Gasteiger charge is -2.14. The predicted molar refractivity (Wildman–Crippen MR) is 66.8 cm³/mol. The minimum Gasteiger partial charge on any atom is -0.435 e. The molecule has 0 saturated carbocycles. The molecule has 0 fully saturated rings. The standard InChI is InChI=1S/C14H20O3/c1-3-8-13(4-2)16-11-17-14(15)12-9-6-5-7-10-12/h5-7,9-10,13H,3-4,8,11H2,1-2H3. The lowest BCUT2D eigenvalue weighted by atomic mass is 10.2. The van der Waals surface area contributed by atoms with Crippen molar-refractivity contribution < 1.29 is 14.3 Å². The van der Waals surface area contributed by atoms with E-state index in [2.05, 4.69) is 13.8 Å². The molecule has 0 radical (unpaired) electrons. The average Bonchev–Trinajstić information content (AvgIpc) is 2.38. The molecule has 3 heteroatoms. The maximum Gasteiger partial charge on any atom is 0.340 e. The zero-order valence-electron chi connectivity index (χ0n) is 10.5. The van der Waals surface area contributed by atoms with Gasteiger partial charge in [0.2, 0.25) is 0 Å². The van der Waals surface area contributed by atoms with Crippen molar-refractivity contribution in [3.05, 3.63) is 35.9 Å². The number of hydrogen-bond acceptors (Lipinski definition) is 3. The van der Waals surface area contributed by atoms with Crippen LogP contribution in [0, 0.1) is 0 Å². The van der Waals surface area contributed by atoms with Gasteiger partial charge < -0.3 is 9.47 Å². The van der Waals surface area contributed by atoms with E-state index in [0.717, 1.165) is 19.3 Å². The van der Waals surface area contributed by atoms with Gasteiger partial charge in [-0.2, -0.15) is 0 Å². The summed E-state index contributed by atoms with van der Waals surface area (Å²) in [7, 11) is 0. The first kappa shape index (κ1) is 13.7. The molecule has 0 aliphatic carbocycles. The monoisotopic (exact) mass is 236 g/mol. The molecule has 1 unspecified atom stereocenters. The van der Waals surface area contributed by atoms with Crippen LogP contribution in [0.2, 0.25) is 0 Å². The molecule has 0 aromatic heterocycles. The molecule has 0 amide bonds. The Morgan fingerprint density at radius 2 is 1.94 bits per heavy atom. The fourth-order valence-corrected chi connectivity index (χ4v) is 1.57. The Morgan fingerprint density at radius 1 is 1.24 bits per heavy atom. The molecule has 0 aliphatic heterocycles. The van der Waals surface area contributed by atoms with E-state index in [4.69, 9.17) is 9.47 Å². The van der Waals surface area contributed by atoms with Crippen LogP contribution in [0.1, 0.15) is 43.5 Å². The van der Waals surface area contributed by atoms with E-state index >= 15 is 0 Å². The molecule has 1 aromatic carbocycles. The highest BCUT2D eigenvalue weighted by molar-refractivity contribution is 5.89. The zero-order valence-corrected chi connectivity index (χ0v) is 10.5. The van der Waals surface area contributed by atoms with Gasteiger partial charge in [0.15, 0.2) is 6.79 Å². The van der Waals surface area contributed by atoms with E-state index in [9.17, 15) is 4.79 Å². The van der Waals surface area contributed by atoms with Gasteiger partial charge >= 0.3 is 5.97 Å². The van der Waals surface area contributed by atoms with Crippen LogP contribution < -0.4 is 0 Å². The molecule has 0 bridgehead atoms. The van der Waals surface area contributed by atoms with Crippen molar-refractivity contribution in [2.24, 2.45) is 0 Å². The Balaban J connectivity index is 2.29. The molecule has 1 rings (SSSR count). The first-order valence-electron chi connectivity index (χ1n) is 6.11. The van der Waals surface area contributed by atoms with Gasteiger partial charge in [-0.25, -0.2) is 4.79 Å². The summed E-state index contributed by atoms with van der Waals surface area (Å²) in [5, 5.41) is 0. The maximum absolute atomic E-state index is 11.6. The quantitative estimate of drug-likeness (QED) is 0.537. The Kier molecular flexibility index (Phi) is 6.33. The Bertz CT molecular complexity index is 321. The van der Waals surface area contributed by atoms with Crippen molar-refractivity contribution in [2.75, 3.05) is 6.79 Å². The predicted octanol–water partition coefficient (Wildman–Crippen LogP) is 3.40. The molecule has 3 nitrogen and oxygen atoms in total. The van der Waals surface area contributed by atoms with Gasteiger partial charge in [-0.3, -0.25) is 0 Å². The van der Waals surface area contributed by atoms with Gasteiger partial charge in [-0.05, 0) is 25.0 Å². The maximum atomic E-state index is 11.6. The Morgan fingerprint density at radius 3 is 2.53 bits per heavy atom. The van der Waals surface area contributed by atoms with Crippen LogP contribution in [0.25, 0.3) is 0 Å². The second-order valence-corrected chi connectivity index (χ2v) is 3.90. The normalized spacial score (nSPS) is 12.1. The molecule has 0 saturated heterocycles. The summed E-state index contributed by atoms with van der Waals surface area (Å²) in [5.74, 6) is -0.336. The van der Waals surface area contributed by atoms with Crippen LogP contribution in [-0.2, 0) is 9.47 Å². The molecular weight excluding hydrogens is 216 g/mol. The molecule has 1 atom stereocenters. The van der Waals surface area contributed by atoms with Crippen molar-refractivity contribution in [3.8, 4) is 0 Å². The summed E-state index contributed by atoms with van der Waals surface area (Å²) < 4.78 is 10.5. The van der Waals surface area contributed by atoms with Gasteiger partial charge in [-0.1, -0.05) is 38.5 Å². The summed E-state index contributed by atoms with van der Waals surface area (Å²) in [6.07, 6.45) is 3.20. The topological polar surface area (TPSA) is 35.5 Å². The molecule has 0 spiro atoms. The highest BCUT2D eigenvalue weighted by atomic mass is 16.7.